The second kappa shape index (κ2) is 8.08. The third-order valence-corrected chi connectivity index (χ3v) is 4.67. The maximum absolute atomic E-state index is 12.4. The van der Waals surface area contributed by atoms with Crippen molar-refractivity contribution in [1.82, 2.24) is 4.90 Å². The van der Waals surface area contributed by atoms with Crippen molar-refractivity contribution in [1.29, 1.82) is 0 Å². The van der Waals surface area contributed by atoms with Crippen LogP contribution in [0.4, 0.5) is 0 Å². The molecule has 1 heterocycles. The topological polar surface area (TPSA) is 57.6 Å². The summed E-state index contributed by atoms with van der Waals surface area (Å²) in [5.74, 6) is -1.36. The van der Waals surface area contributed by atoms with Crippen LogP contribution >= 0.6 is 24.0 Å². The molecule has 1 aromatic carbocycles. The average molecular weight is 347 g/mol. The summed E-state index contributed by atoms with van der Waals surface area (Å²) in [7, 11) is 0. The second-order valence-corrected chi connectivity index (χ2v) is 6.66. The van der Waals surface area contributed by atoms with E-state index in [0.717, 1.165) is 17.3 Å². The van der Waals surface area contributed by atoms with Gasteiger partial charge in [-0.15, -0.1) is 0 Å². The summed E-state index contributed by atoms with van der Waals surface area (Å²) in [5.41, 5.74) is 1.02. The summed E-state index contributed by atoms with van der Waals surface area (Å²) in [6.45, 7) is 1.88. The first-order valence-electron chi connectivity index (χ1n) is 7.26. The number of thioether (sulfide) groups is 1. The quantitative estimate of drug-likeness (QED) is 0.628. The molecule has 2 rings (SSSR count). The van der Waals surface area contributed by atoms with Gasteiger partial charge in [0.15, 0.2) is 0 Å². The van der Waals surface area contributed by atoms with Gasteiger partial charge in [-0.1, -0.05) is 79.8 Å². The number of carboxylic acid groups (broad SMARTS) is 1. The summed E-state index contributed by atoms with van der Waals surface area (Å²) >= 11 is 6.33. The zero-order valence-electron chi connectivity index (χ0n) is 12.6. The molecule has 120 valence electrons. The minimum atomic E-state index is -1.02. The highest BCUT2D eigenvalue weighted by molar-refractivity contribution is 8.26. The molecular formula is C17H17NO3S2. The molecule has 0 bridgehead atoms. The van der Waals surface area contributed by atoms with E-state index < -0.39 is 12.0 Å². The Morgan fingerprint density at radius 2 is 2.09 bits per heavy atom. The van der Waals surface area contributed by atoms with Gasteiger partial charge in [0.1, 0.15) is 10.4 Å². The molecule has 1 aliphatic heterocycles. The smallest absolute Gasteiger partial charge is 0.326 e. The van der Waals surface area contributed by atoms with Gasteiger partial charge < -0.3 is 5.11 Å². The van der Waals surface area contributed by atoms with E-state index in [2.05, 4.69) is 0 Å². The number of rotatable bonds is 6. The Morgan fingerprint density at radius 1 is 1.39 bits per heavy atom. The van der Waals surface area contributed by atoms with E-state index in [4.69, 9.17) is 12.2 Å². The van der Waals surface area contributed by atoms with Gasteiger partial charge in [-0.05, 0) is 18.1 Å². The molecular weight excluding hydrogens is 330 g/mol. The fourth-order valence-corrected chi connectivity index (χ4v) is 3.52. The Morgan fingerprint density at radius 3 is 2.70 bits per heavy atom. The number of carboxylic acids is 1. The summed E-state index contributed by atoms with van der Waals surface area (Å²) in [4.78, 5) is 25.5. The van der Waals surface area contributed by atoms with Crippen LogP contribution in [0.15, 0.2) is 47.4 Å². The molecule has 6 heteroatoms. The standard InChI is InChI=1S/C17H17NO3S2/c1-2-7-13(16(20)21)18-15(19)14(23-17(18)22)11-6-10-12-8-4-3-5-9-12/h3-6,8-11,13H,2,7H2,1H3,(H,20,21)/b10-6+,14-11-/t13-/m0/s1. The van der Waals surface area contributed by atoms with E-state index in [1.165, 1.54) is 4.90 Å². The molecule has 1 amide bonds. The number of hydrogen-bond acceptors (Lipinski definition) is 4. The SMILES string of the molecule is CCC[C@@H](C(=O)O)N1C(=O)/C(=C/C=C/c2ccccc2)SC1=S. The molecule has 4 nitrogen and oxygen atoms in total. The summed E-state index contributed by atoms with van der Waals surface area (Å²) < 4.78 is 0.301. The summed E-state index contributed by atoms with van der Waals surface area (Å²) in [6, 6.07) is 8.82. The van der Waals surface area contributed by atoms with Crippen LogP contribution in [-0.2, 0) is 9.59 Å². The maximum Gasteiger partial charge on any atom is 0.326 e. The normalized spacial score (nSPS) is 18.1. The first-order valence-corrected chi connectivity index (χ1v) is 8.48. The molecule has 1 atom stereocenters. The molecule has 23 heavy (non-hydrogen) atoms. The predicted molar refractivity (Wildman–Crippen MR) is 96.9 cm³/mol. The summed E-state index contributed by atoms with van der Waals surface area (Å²) in [6.07, 6.45) is 6.39. The molecule has 0 spiro atoms. The number of nitrogens with zero attached hydrogens (tertiary/aromatic N) is 1. The first-order chi connectivity index (χ1) is 11.0. The minimum Gasteiger partial charge on any atom is -0.480 e. The van der Waals surface area contributed by atoms with E-state index >= 15 is 0 Å². The average Bonchev–Trinajstić information content (AvgIpc) is 2.80. The molecule has 0 aliphatic carbocycles. The van der Waals surface area contributed by atoms with Crippen LogP contribution in [0.5, 0.6) is 0 Å². The fraction of sp³-hybridized carbons (Fsp3) is 0.235. The molecule has 1 aromatic rings. The third-order valence-electron chi connectivity index (χ3n) is 3.32. The Kier molecular flexibility index (Phi) is 6.12. The van der Waals surface area contributed by atoms with Gasteiger partial charge in [-0.2, -0.15) is 0 Å². The van der Waals surface area contributed by atoms with Crippen LogP contribution in [0.1, 0.15) is 25.3 Å². The predicted octanol–water partition coefficient (Wildman–Crippen LogP) is 3.70. The Labute approximate surface area is 144 Å². The number of carbonyl (C=O) groups is 2. The molecule has 1 saturated heterocycles. The number of aliphatic carboxylic acids is 1. The zero-order chi connectivity index (χ0) is 16.8. The molecule has 0 saturated carbocycles. The Hall–Kier alpha value is -1.92. The van der Waals surface area contributed by atoms with Gasteiger partial charge >= 0.3 is 5.97 Å². The van der Waals surface area contributed by atoms with E-state index in [1.807, 2.05) is 43.3 Å². The van der Waals surface area contributed by atoms with Crippen LogP contribution < -0.4 is 0 Å². The largest absolute Gasteiger partial charge is 0.480 e. The lowest BCUT2D eigenvalue weighted by Gasteiger charge is -2.22. The van der Waals surface area contributed by atoms with Crippen LogP contribution in [-0.4, -0.2) is 32.2 Å². The van der Waals surface area contributed by atoms with E-state index in [0.29, 0.717) is 22.1 Å². The van der Waals surface area contributed by atoms with E-state index in [9.17, 15) is 14.7 Å². The minimum absolute atomic E-state index is 0.301. The second-order valence-electron chi connectivity index (χ2n) is 4.99. The lowest BCUT2D eigenvalue weighted by molar-refractivity contribution is -0.145. The molecule has 0 aromatic heterocycles. The summed E-state index contributed by atoms with van der Waals surface area (Å²) in [5, 5.41) is 9.32. The number of benzene rings is 1. The highest BCUT2D eigenvalue weighted by Crippen LogP contribution is 2.33. The van der Waals surface area contributed by atoms with Crippen molar-refractivity contribution in [2.45, 2.75) is 25.8 Å². The number of hydrogen-bond donors (Lipinski definition) is 1. The van der Waals surface area contributed by atoms with Crippen molar-refractivity contribution in [3.63, 3.8) is 0 Å². The molecule has 0 unspecified atom stereocenters. The van der Waals surface area contributed by atoms with Gasteiger partial charge in [0.05, 0.1) is 4.91 Å². The van der Waals surface area contributed by atoms with Gasteiger partial charge in [-0.25, -0.2) is 4.79 Å². The lowest BCUT2D eigenvalue weighted by atomic mass is 10.1. The Bertz CT molecular complexity index is 668. The lowest BCUT2D eigenvalue weighted by Crippen LogP contribution is -2.43. The van der Waals surface area contributed by atoms with E-state index in [-0.39, 0.29) is 5.91 Å². The monoisotopic (exact) mass is 347 g/mol. The number of carbonyl (C=O) groups excluding carboxylic acids is 1. The molecule has 1 aliphatic rings. The van der Waals surface area contributed by atoms with Crippen molar-refractivity contribution in [2.24, 2.45) is 0 Å². The van der Waals surface area contributed by atoms with Crippen LogP contribution in [0, 0.1) is 0 Å². The molecule has 0 radical (unpaired) electrons. The van der Waals surface area contributed by atoms with Gasteiger partial charge in [0.25, 0.3) is 5.91 Å². The third kappa shape index (κ3) is 4.30. The van der Waals surface area contributed by atoms with Gasteiger partial charge in [0.2, 0.25) is 0 Å². The van der Waals surface area contributed by atoms with Crippen molar-refractivity contribution in [3.8, 4) is 0 Å². The van der Waals surface area contributed by atoms with Crippen LogP contribution in [0.3, 0.4) is 0 Å². The van der Waals surface area contributed by atoms with E-state index in [1.54, 1.807) is 12.2 Å². The van der Waals surface area contributed by atoms with Crippen LogP contribution in [0.25, 0.3) is 6.08 Å². The van der Waals surface area contributed by atoms with Gasteiger partial charge in [0, 0.05) is 0 Å². The Balaban J connectivity index is 2.15. The van der Waals surface area contributed by atoms with Crippen molar-refractivity contribution >= 4 is 46.3 Å². The molecule has 1 N–H and O–H groups in total. The van der Waals surface area contributed by atoms with Crippen molar-refractivity contribution in [2.75, 3.05) is 0 Å². The number of allylic oxidation sites excluding steroid dienone is 2. The number of amides is 1. The number of thiocarbonyl (C=S) groups is 1. The highest BCUT2D eigenvalue weighted by Gasteiger charge is 2.39. The maximum atomic E-state index is 12.4. The molecule has 1 fully saturated rings. The van der Waals surface area contributed by atoms with Gasteiger partial charge in [-0.3, -0.25) is 9.69 Å². The highest BCUT2D eigenvalue weighted by atomic mass is 32.2. The van der Waals surface area contributed by atoms with Crippen LogP contribution in [0.2, 0.25) is 0 Å². The van der Waals surface area contributed by atoms with Crippen molar-refractivity contribution in [3.05, 3.63) is 53.0 Å². The fourth-order valence-electron chi connectivity index (χ4n) is 2.21. The first kappa shape index (κ1) is 17.4. The van der Waals surface area contributed by atoms with Crippen molar-refractivity contribution < 1.29 is 14.7 Å². The zero-order valence-corrected chi connectivity index (χ0v) is 14.3.